The summed E-state index contributed by atoms with van der Waals surface area (Å²) >= 11 is 0. The quantitative estimate of drug-likeness (QED) is 0.724. The Morgan fingerprint density at radius 2 is 2.12 bits per heavy atom. The van der Waals surface area contributed by atoms with Crippen LogP contribution in [0.2, 0.25) is 0 Å². The summed E-state index contributed by atoms with van der Waals surface area (Å²) < 4.78 is 0. The molecule has 0 aromatic rings. The monoisotopic (exact) mass is 242 g/mol. The molecule has 1 aliphatic rings. The molecule has 5 nitrogen and oxygen atoms in total. The van der Waals surface area contributed by atoms with E-state index in [1.807, 2.05) is 0 Å². The van der Waals surface area contributed by atoms with Crippen LogP contribution in [0.3, 0.4) is 0 Å². The highest BCUT2D eigenvalue weighted by Crippen LogP contribution is 2.12. The van der Waals surface area contributed by atoms with Crippen LogP contribution in [0.25, 0.3) is 0 Å². The van der Waals surface area contributed by atoms with Crippen molar-refractivity contribution in [3.8, 4) is 0 Å². The number of hydrogen-bond acceptors (Lipinski definition) is 3. The highest BCUT2D eigenvalue weighted by molar-refractivity contribution is 5.76. The van der Waals surface area contributed by atoms with Crippen LogP contribution in [0.5, 0.6) is 0 Å². The van der Waals surface area contributed by atoms with E-state index in [-0.39, 0.29) is 12.3 Å². The van der Waals surface area contributed by atoms with Crippen LogP contribution in [0.1, 0.15) is 38.5 Å². The normalized spacial score (nSPS) is 19.9. The van der Waals surface area contributed by atoms with Gasteiger partial charge in [0, 0.05) is 26.1 Å². The number of aliphatic carboxylic acids is 1. The predicted octanol–water partition coefficient (Wildman–Crippen LogP) is 0.842. The Morgan fingerprint density at radius 1 is 1.35 bits per heavy atom. The second-order valence-electron chi connectivity index (χ2n) is 4.64. The number of rotatable bonds is 6. The van der Waals surface area contributed by atoms with Gasteiger partial charge in [-0.15, -0.1) is 0 Å². The second kappa shape index (κ2) is 7.27. The molecule has 1 heterocycles. The molecule has 0 aliphatic carbocycles. The molecule has 0 saturated carbocycles. The van der Waals surface area contributed by atoms with Gasteiger partial charge in [0.05, 0.1) is 6.42 Å². The average Bonchev–Trinajstić information content (AvgIpc) is 2.34. The highest BCUT2D eigenvalue weighted by Gasteiger charge is 2.16. The van der Waals surface area contributed by atoms with Crippen molar-refractivity contribution in [1.82, 2.24) is 10.2 Å². The number of carbonyl (C=O) groups excluding carboxylic acids is 1. The molecule has 1 aliphatic heterocycles. The lowest BCUT2D eigenvalue weighted by atomic mass is 10.0. The van der Waals surface area contributed by atoms with Crippen LogP contribution < -0.4 is 5.32 Å². The molecule has 0 aromatic heterocycles. The van der Waals surface area contributed by atoms with E-state index in [0.717, 1.165) is 19.4 Å². The van der Waals surface area contributed by atoms with E-state index >= 15 is 0 Å². The van der Waals surface area contributed by atoms with Crippen LogP contribution in [-0.4, -0.2) is 48.1 Å². The number of hydrogen-bond donors (Lipinski definition) is 2. The van der Waals surface area contributed by atoms with Crippen LogP contribution >= 0.6 is 0 Å². The molecule has 0 bridgehead atoms. The Kier molecular flexibility index (Phi) is 5.97. The molecule has 1 fully saturated rings. The molecule has 1 atom stereocenters. The molecule has 0 aromatic carbocycles. The third-order valence-electron chi connectivity index (χ3n) is 3.21. The molecule has 17 heavy (non-hydrogen) atoms. The van der Waals surface area contributed by atoms with Crippen molar-refractivity contribution >= 4 is 11.9 Å². The predicted molar refractivity (Wildman–Crippen MR) is 64.8 cm³/mol. The molecular formula is C12H22N2O3. The fourth-order valence-electron chi connectivity index (χ4n) is 2.05. The summed E-state index contributed by atoms with van der Waals surface area (Å²) in [6.45, 7) is 1.35. The second-order valence-corrected chi connectivity index (χ2v) is 4.64. The van der Waals surface area contributed by atoms with Gasteiger partial charge in [-0.1, -0.05) is 6.42 Å². The van der Waals surface area contributed by atoms with E-state index < -0.39 is 5.97 Å². The van der Waals surface area contributed by atoms with Crippen molar-refractivity contribution in [1.29, 1.82) is 0 Å². The van der Waals surface area contributed by atoms with Crippen molar-refractivity contribution in [3.63, 3.8) is 0 Å². The molecule has 2 N–H and O–H groups in total. The minimum absolute atomic E-state index is 0.0178. The van der Waals surface area contributed by atoms with Gasteiger partial charge in [0.1, 0.15) is 0 Å². The molecule has 1 unspecified atom stereocenters. The Labute approximate surface area is 102 Å². The van der Waals surface area contributed by atoms with E-state index in [9.17, 15) is 9.59 Å². The Balaban J connectivity index is 2.16. The summed E-state index contributed by atoms with van der Waals surface area (Å²) in [5.41, 5.74) is 0. The summed E-state index contributed by atoms with van der Waals surface area (Å²) in [5.74, 6) is -0.822. The van der Waals surface area contributed by atoms with Crippen LogP contribution in [-0.2, 0) is 9.59 Å². The summed E-state index contributed by atoms with van der Waals surface area (Å²) in [4.78, 5) is 23.6. The molecule has 1 rings (SSSR count). The Morgan fingerprint density at radius 3 is 2.71 bits per heavy atom. The lowest BCUT2D eigenvalue weighted by Gasteiger charge is -2.24. The number of carbonyl (C=O) groups is 2. The smallest absolute Gasteiger partial charge is 0.305 e. The van der Waals surface area contributed by atoms with Crippen molar-refractivity contribution in [2.24, 2.45) is 0 Å². The lowest BCUT2D eigenvalue weighted by Crippen LogP contribution is -2.36. The number of nitrogens with zero attached hydrogens (tertiary/aromatic N) is 1. The van der Waals surface area contributed by atoms with Crippen molar-refractivity contribution in [2.75, 3.05) is 20.1 Å². The first-order chi connectivity index (χ1) is 8.09. The van der Waals surface area contributed by atoms with E-state index in [1.54, 1.807) is 7.05 Å². The molecular weight excluding hydrogens is 220 g/mol. The Bertz CT molecular complexity index is 262. The van der Waals surface area contributed by atoms with Crippen LogP contribution in [0.4, 0.5) is 0 Å². The van der Waals surface area contributed by atoms with Crippen LogP contribution in [0.15, 0.2) is 0 Å². The van der Waals surface area contributed by atoms with Gasteiger partial charge < -0.3 is 15.3 Å². The van der Waals surface area contributed by atoms with Gasteiger partial charge in [-0.25, -0.2) is 0 Å². The van der Waals surface area contributed by atoms with Gasteiger partial charge in [-0.3, -0.25) is 9.59 Å². The number of carboxylic acids is 1. The van der Waals surface area contributed by atoms with Crippen molar-refractivity contribution < 1.29 is 14.7 Å². The lowest BCUT2D eigenvalue weighted by molar-refractivity contribution is -0.138. The van der Waals surface area contributed by atoms with Crippen molar-refractivity contribution in [3.05, 3.63) is 0 Å². The zero-order valence-corrected chi connectivity index (χ0v) is 10.4. The highest BCUT2D eigenvalue weighted by atomic mass is 16.4. The van der Waals surface area contributed by atoms with Crippen LogP contribution in [0, 0.1) is 0 Å². The third-order valence-corrected chi connectivity index (χ3v) is 3.21. The number of amides is 1. The first-order valence-corrected chi connectivity index (χ1v) is 6.28. The molecule has 0 spiro atoms. The zero-order chi connectivity index (χ0) is 12.7. The van der Waals surface area contributed by atoms with Gasteiger partial charge in [0.25, 0.3) is 0 Å². The topological polar surface area (TPSA) is 69.6 Å². The first-order valence-electron chi connectivity index (χ1n) is 6.28. The summed E-state index contributed by atoms with van der Waals surface area (Å²) in [5, 5.41) is 11.9. The maximum Gasteiger partial charge on any atom is 0.305 e. The fourth-order valence-corrected chi connectivity index (χ4v) is 2.05. The van der Waals surface area contributed by atoms with E-state index in [0.29, 0.717) is 19.0 Å². The molecule has 5 heteroatoms. The van der Waals surface area contributed by atoms with Gasteiger partial charge in [-0.2, -0.15) is 0 Å². The van der Waals surface area contributed by atoms with E-state index in [1.165, 1.54) is 17.7 Å². The molecule has 0 radical (unpaired) electrons. The summed E-state index contributed by atoms with van der Waals surface area (Å²) in [7, 11) is 1.67. The maximum absolute atomic E-state index is 11.7. The standard InChI is InChI=1S/C12H22N2O3/c1-14(9-7-12(16)17)11(15)6-5-10-4-2-3-8-13-10/h10,13H,2-9H2,1H3,(H,16,17). The number of nitrogens with one attached hydrogen (secondary N) is 1. The zero-order valence-electron chi connectivity index (χ0n) is 10.4. The largest absolute Gasteiger partial charge is 0.481 e. The first kappa shape index (κ1) is 14.0. The summed E-state index contributed by atoms with van der Waals surface area (Å²) in [6, 6.07) is 0.459. The minimum Gasteiger partial charge on any atom is -0.481 e. The SMILES string of the molecule is CN(CCC(=O)O)C(=O)CCC1CCCCN1. The van der Waals surface area contributed by atoms with Gasteiger partial charge in [0.15, 0.2) is 0 Å². The van der Waals surface area contributed by atoms with E-state index in [4.69, 9.17) is 5.11 Å². The van der Waals surface area contributed by atoms with Gasteiger partial charge in [-0.05, 0) is 25.8 Å². The minimum atomic E-state index is -0.862. The van der Waals surface area contributed by atoms with Gasteiger partial charge in [0.2, 0.25) is 5.91 Å². The maximum atomic E-state index is 11.7. The fraction of sp³-hybridized carbons (Fsp3) is 0.833. The molecule has 1 saturated heterocycles. The Hall–Kier alpha value is -1.10. The molecule has 98 valence electrons. The number of carboxylic acid groups (broad SMARTS) is 1. The average molecular weight is 242 g/mol. The van der Waals surface area contributed by atoms with Gasteiger partial charge >= 0.3 is 5.97 Å². The summed E-state index contributed by atoms with van der Waals surface area (Å²) in [6.07, 6.45) is 4.99. The third kappa shape index (κ3) is 5.68. The number of piperidine rings is 1. The van der Waals surface area contributed by atoms with Crippen molar-refractivity contribution in [2.45, 2.75) is 44.6 Å². The molecule has 1 amide bonds. The van der Waals surface area contributed by atoms with E-state index in [2.05, 4.69) is 5.32 Å².